The number of hydrogen-bond donors (Lipinski definition) is 0. The van der Waals surface area contributed by atoms with Gasteiger partial charge in [-0.3, -0.25) is 0 Å². The van der Waals surface area contributed by atoms with Gasteiger partial charge in [-0.05, 0) is 35.9 Å². The van der Waals surface area contributed by atoms with Gasteiger partial charge >= 0.3 is 5.97 Å². The first-order chi connectivity index (χ1) is 13.6. The Morgan fingerprint density at radius 2 is 1.93 bits per heavy atom. The lowest BCUT2D eigenvalue weighted by atomic mass is 10.2. The quantitative estimate of drug-likeness (QED) is 0.434. The van der Waals surface area contributed by atoms with Gasteiger partial charge in [-0.2, -0.15) is 4.98 Å². The Morgan fingerprint density at radius 3 is 2.68 bits per heavy atom. The summed E-state index contributed by atoms with van der Waals surface area (Å²) in [6.07, 6.45) is 2.90. The lowest BCUT2D eigenvalue weighted by molar-refractivity contribution is -0.139. The van der Waals surface area contributed by atoms with E-state index in [1.807, 2.05) is 6.07 Å². The van der Waals surface area contributed by atoms with Crippen LogP contribution in [-0.2, 0) is 16.1 Å². The van der Waals surface area contributed by atoms with Gasteiger partial charge in [-0.25, -0.2) is 4.79 Å². The van der Waals surface area contributed by atoms with E-state index in [0.717, 1.165) is 5.56 Å². The van der Waals surface area contributed by atoms with E-state index in [4.69, 9.17) is 30.3 Å². The summed E-state index contributed by atoms with van der Waals surface area (Å²) < 4.78 is 20.6. The first-order valence-electron chi connectivity index (χ1n) is 8.25. The highest BCUT2D eigenvalue weighted by molar-refractivity contribution is 6.33. The van der Waals surface area contributed by atoms with Crippen LogP contribution >= 0.6 is 11.6 Å². The summed E-state index contributed by atoms with van der Waals surface area (Å²) in [5.74, 6) is 1.12. The van der Waals surface area contributed by atoms with Crippen molar-refractivity contribution >= 4 is 23.6 Å². The van der Waals surface area contributed by atoms with Crippen LogP contribution in [0, 0.1) is 0 Å². The number of nitrogens with zero attached hydrogens (tertiary/aromatic N) is 2. The van der Waals surface area contributed by atoms with Gasteiger partial charge in [0.1, 0.15) is 0 Å². The second-order valence-corrected chi connectivity index (χ2v) is 5.95. The molecule has 8 heteroatoms. The third-order valence-corrected chi connectivity index (χ3v) is 4.07. The summed E-state index contributed by atoms with van der Waals surface area (Å²) in [6.45, 7) is -0.146. The number of carbonyl (C=O) groups is 1. The Balaban J connectivity index is 1.59. The van der Waals surface area contributed by atoms with Crippen LogP contribution in [0.15, 0.2) is 53.1 Å². The average molecular weight is 401 g/mol. The molecule has 0 atom stereocenters. The van der Waals surface area contributed by atoms with E-state index < -0.39 is 5.97 Å². The third-order valence-electron chi connectivity index (χ3n) is 3.74. The molecule has 0 aliphatic rings. The molecule has 0 spiro atoms. The Morgan fingerprint density at radius 1 is 1.14 bits per heavy atom. The van der Waals surface area contributed by atoms with Crippen molar-refractivity contribution in [2.75, 3.05) is 14.2 Å². The number of rotatable bonds is 7. The zero-order valence-electron chi connectivity index (χ0n) is 15.2. The van der Waals surface area contributed by atoms with E-state index >= 15 is 0 Å². The molecule has 0 aliphatic heterocycles. The predicted octanol–water partition coefficient (Wildman–Crippen LogP) is 4.16. The third kappa shape index (κ3) is 4.69. The van der Waals surface area contributed by atoms with E-state index in [-0.39, 0.29) is 12.5 Å². The zero-order valence-corrected chi connectivity index (χ0v) is 16.0. The van der Waals surface area contributed by atoms with Gasteiger partial charge in [0.15, 0.2) is 18.1 Å². The standard InChI is InChI=1S/C20H17ClN2O5/c1-25-16-9-7-13(11-17(16)26-2)8-10-19(24)27-12-18-22-20(23-28-18)14-5-3-4-6-15(14)21/h3-11H,12H2,1-2H3/b10-8+. The van der Waals surface area contributed by atoms with Crippen molar-refractivity contribution in [3.8, 4) is 22.9 Å². The maximum atomic E-state index is 11.9. The number of benzene rings is 2. The van der Waals surface area contributed by atoms with Gasteiger partial charge in [0.25, 0.3) is 5.89 Å². The molecule has 28 heavy (non-hydrogen) atoms. The molecule has 144 valence electrons. The Kier molecular flexibility index (Phi) is 6.29. The molecular weight excluding hydrogens is 384 g/mol. The molecule has 1 aromatic heterocycles. The van der Waals surface area contributed by atoms with Gasteiger partial charge in [0.2, 0.25) is 5.82 Å². The molecule has 0 unspecified atom stereocenters. The van der Waals surface area contributed by atoms with Crippen molar-refractivity contribution in [3.63, 3.8) is 0 Å². The van der Waals surface area contributed by atoms with Crippen LogP contribution in [0.4, 0.5) is 0 Å². The van der Waals surface area contributed by atoms with Crippen molar-refractivity contribution in [1.82, 2.24) is 10.1 Å². The fourth-order valence-electron chi connectivity index (χ4n) is 2.37. The molecule has 0 aliphatic carbocycles. The lowest BCUT2D eigenvalue weighted by Gasteiger charge is -2.07. The molecule has 0 saturated heterocycles. The summed E-state index contributed by atoms with van der Waals surface area (Å²) in [7, 11) is 3.10. The first-order valence-corrected chi connectivity index (χ1v) is 8.63. The number of halogens is 1. The smallest absolute Gasteiger partial charge is 0.331 e. The summed E-state index contributed by atoms with van der Waals surface area (Å²) >= 11 is 6.10. The molecule has 0 saturated carbocycles. The maximum absolute atomic E-state index is 11.9. The minimum absolute atomic E-state index is 0.146. The van der Waals surface area contributed by atoms with Crippen LogP contribution < -0.4 is 9.47 Å². The summed E-state index contributed by atoms with van der Waals surface area (Å²) in [5.41, 5.74) is 1.40. The second kappa shape index (κ2) is 9.05. The fraction of sp³-hybridized carbons (Fsp3) is 0.150. The summed E-state index contributed by atoms with van der Waals surface area (Å²) in [5, 5.41) is 4.35. The van der Waals surface area contributed by atoms with E-state index in [0.29, 0.717) is 27.9 Å². The highest BCUT2D eigenvalue weighted by Crippen LogP contribution is 2.28. The van der Waals surface area contributed by atoms with E-state index in [9.17, 15) is 4.79 Å². The second-order valence-electron chi connectivity index (χ2n) is 5.55. The molecule has 0 bridgehead atoms. The SMILES string of the molecule is COc1ccc(/C=C/C(=O)OCc2nc(-c3ccccc3Cl)no2)cc1OC. The summed E-state index contributed by atoms with van der Waals surface area (Å²) in [6, 6.07) is 12.4. The van der Waals surface area contributed by atoms with Crippen molar-refractivity contribution in [2.24, 2.45) is 0 Å². The normalized spacial score (nSPS) is 10.8. The number of ether oxygens (including phenoxy) is 3. The first kappa shape index (κ1) is 19.4. The van der Waals surface area contributed by atoms with Crippen molar-refractivity contribution in [3.05, 3.63) is 65.0 Å². The van der Waals surface area contributed by atoms with Gasteiger partial charge in [-0.1, -0.05) is 35.0 Å². The summed E-state index contributed by atoms with van der Waals surface area (Å²) in [4.78, 5) is 16.1. The van der Waals surface area contributed by atoms with Crippen molar-refractivity contribution in [1.29, 1.82) is 0 Å². The van der Waals surface area contributed by atoms with Crippen molar-refractivity contribution in [2.45, 2.75) is 6.61 Å². The molecule has 0 amide bonds. The molecule has 3 rings (SSSR count). The van der Waals surface area contributed by atoms with Crippen molar-refractivity contribution < 1.29 is 23.5 Å². The molecule has 0 radical (unpaired) electrons. The monoisotopic (exact) mass is 400 g/mol. The minimum atomic E-state index is -0.549. The van der Waals surface area contributed by atoms with Gasteiger partial charge in [0.05, 0.1) is 19.2 Å². The lowest BCUT2D eigenvalue weighted by Crippen LogP contribution is -2.01. The Bertz CT molecular complexity index is 1000. The number of carbonyl (C=O) groups excluding carboxylic acids is 1. The van der Waals surface area contributed by atoms with E-state index in [1.165, 1.54) is 6.08 Å². The molecule has 0 N–H and O–H groups in total. The molecule has 7 nitrogen and oxygen atoms in total. The largest absolute Gasteiger partial charge is 0.493 e. The topological polar surface area (TPSA) is 83.7 Å². The van der Waals surface area contributed by atoms with E-state index in [1.54, 1.807) is 56.7 Å². The fourth-order valence-corrected chi connectivity index (χ4v) is 2.59. The number of aromatic nitrogens is 2. The molecule has 0 fully saturated rings. The number of methoxy groups -OCH3 is 2. The molecular formula is C20H17ClN2O5. The van der Waals surface area contributed by atoms with Gasteiger partial charge < -0.3 is 18.7 Å². The molecule has 3 aromatic rings. The zero-order chi connectivity index (χ0) is 19.9. The van der Waals surface area contributed by atoms with Crippen LogP contribution in [0.25, 0.3) is 17.5 Å². The molecule has 2 aromatic carbocycles. The number of esters is 1. The Hall–Kier alpha value is -3.32. The van der Waals surface area contributed by atoms with Crippen LogP contribution in [0.2, 0.25) is 5.02 Å². The maximum Gasteiger partial charge on any atom is 0.331 e. The van der Waals surface area contributed by atoms with Crippen LogP contribution in [0.3, 0.4) is 0 Å². The predicted molar refractivity (Wildman–Crippen MR) is 103 cm³/mol. The van der Waals surface area contributed by atoms with Gasteiger partial charge in [0, 0.05) is 11.6 Å². The van der Waals surface area contributed by atoms with E-state index in [2.05, 4.69) is 10.1 Å². The molecule has 1 heterocycles. The van der Waals surface area contributed by atoms with Gasteiger partial charge in [-0.15, -0.1) is 0 Å². The number of hydrogen-bond acceptors (Lipinski definition) is 7. The Labute approximate surface area is 166 Å². The average Bonchev–Trinajstić information content (AvgIpc) is 3.19. The van der Waals surface area contributed by atoms with Crippen LogP contribution in [0.5, 0.6) is 11.5 Å². The van der Waals surface area contributed by atoms with Crippen LogP contribution in [-0.4, -0.2) is 30.3 Å². The van der Waals surface area contributed by atoms with Crippen LogP contribution in [0.1, 0.15) is 11.5 Å². The highest BCUT2D eigenvalue weighted by Gasteiger charge is 2.12. The minimum Gasteiger partial charge on any atom is -0.493 e. The highest BCUT2D eigenvalue weighted by atomic mass is 35.5.